The Morgan fingerprint density at radius 2 is 2.19 bits per heavy atom. The minimum Gasteiger partial charge on any atom is -0.495 e. The van der Waals surface area contributed by atoms with Gasteiger partial charge in [0.1, 0.15) is 11.6 Å². The molecule has 6 heteroatoms. The fourth-order valence-electron chi connectivity index (χ4n) is 2.42. The van der Waals surface area contributed by atoms with Crippen LogP contribution in [0.15, 0.2) is 38.5 Å². The fourth-order valence-corrected chi connectivity index (χ4v) is 2.74. The molecule has 0 unspecified atom stereocenters. The van der Waals surface area contributed by atoms with E-state index in [0.29, 0.717) is 28.9 Å². The van der Waals surface area contributed by atoms with Crippen LogP contribution in [0, 0.1) is 5.82 Å². The van der Waals surface area contributed by atoms with Crippen molar-refractivity contribution in [1.82, 2.24) is 4.57 Å². The molecule has 1 aliphatic rings. The maximum absolute atomic E-state index is 13.9. The van der Waals surface area contributed by atoms with Gasteiger partial charge in [0.05, 0.1) is 17.3 Å². The molecule has 1 aromatic carbocycles. The third kappa shape index (κ3) is 2.40. The van der Waals surface area contributed by atoms with Crippen LogP contribution in [0.4, 0.5) is 4.39 Å². The first kappa shape index (κ1) is 14.0. The van der Waals surface area contributed by atoms with Gasteiger partial charge in [-0.3, -0.25) is 14.4 Å². The topological polar surface area (TPSA) is 43.6 Å². The lowest BCUT2D eigenvalue weighted by molar-refractivity contribution is 0.410. The second-order valence-electron chi connectivity index (χ2n) is 4.63. The zero-order valence-corrected chi connectivity index (χ0v) is 12.9. The van der Waals surface area contributed by atoms with Crippen molar-refractivity contribution in [1.29, 1.82) is 0 Å². The van der Waals surface area contributed by atoms with Crippen molar-refractivity contribution in [3.63, 3.8) is 0 Å². The molecule has 108 valence electrons. The first-order valence-corrected chi connectivity index (χ1v) is 7.19. The summed E-state index contributed by atoms with van der Waals surface area (Å²) in [6.07, 6.45) is 2.36. The third-order valence-electron chi connectivity index (χ3n) is 3.40. The standard InChI is InChI=1S/C15H12BrFN2O2/c1-21-14-6-10(16)11(17)7-13(14)19-12-4-5-18-8-9(12)2-3-15(19)20/h2-3,6-8H,4-5H2,1H3. The van der Waals surface area contributed by atoms with Crippen molar-refractivity contribution in [3.05, 3.63) is 56.2 Å². The summed E-state index contributed by atoms with van der Waals surface area (Å²) in [5.74, 6) is -0.0129. The summed E-state index contributed by atoms with van der Waals surface area (Å²) in [5, 5.41) is 0. The van der Waals surface area contributed by atoms with E-state index in [9.17, 15) is 9.18 Å². The summed E-state index contributed by atoms with van der Waals surface area (Å²) in [6, 6.07) is 6.01. The number of aliphatic imine (C=N–C) groups is 1. The Kier molecular flexibility index (Phi) is 3.63. The zero-order chi connectivity index (χ0) is 15.0. The summed E-state index contributed by atoms with van der Waals surface area (Å²) < 4.78 is 21.0. The van der Waals surface area contributed by atoms with E-state index in [1.165, 1.54) is 29.9 Å². The minimum absolute atomic E-state index is 0.218. The molecule has 2 heterocycles. The van der Waals surface area contributed by atoms with Crippen molar-refractivity contribution in [2.45, 2.75) is 6.42 Å². The molecule has 4 nitrogen and oxygen atoms in total. The highest BCUT2D eigenvalue weighted by molar-refractivity contribution is 9.10. The molecule has 0 amide bonds. The second-order valence-corrected chi connectivity index (χ2v) is 5.49. The molecule has 3 rings (SSSR count). The molecule has 0 spiro atoms. The van der Waals surface area contributed by atoms with Gasteiger partial charge in [0.25, 0.3) is 5.56 Å². The highest BCUT2D eigenvalue weighted by atomic mass is 79.9. The number of nitrogens with zero attached hydrogens (tertiary/aromatic N) is 2. The average molecular weight is 351 g/mol. The molecule has 0 bridgehead atoms. The van der Waals surface area contributed by atoms with E-state index in [-0.39, 0.29) is 5.56 Å². The van der Waals surface area contributed by atoms with Gasteiger partial charge in [0.2, 0.25) is 0 Å². The predicted octanol–water partition coefficient (Wildman–Crippen LogP) is 2.72. The Morgan fingerprint density at radius 3 is 2.95 bits per heavy atom. The van der Waals surface area contributed by atoms with Gasteiger partial charge >= 0.3 is 0 Å². The van der Waals surface area contributed by atoms with Gasteiger partial charge in [0.15, 0.2) is 0 Å². The van der Waals surface area contributed by atoms with Crippen molar-refractivity contribution < 1.29 is 9.13 Å². The van der Waals surface area contributed by atoms with E-state index in [0.717, 1.165) is 11.3 Å². The quantitative estimate of drug-likeness (QED) is 0.835. The van der Waals surface area contributed by atoms with Crippen LogP contribution in [-0.2, 0) is 6.42 Å². The monoisotopic (exact) mass is 350 g/mol. The third-order valence-corrected chi connectivity index (χ3v) is 4.01. The molecule has 0 atom stereocenters. The average Bonchev–Trinajstić information content (AvgIpc) is 2.50. The molecule has 0 fully saturated rings. The summed E-state index contributed by atoms with van der Waals surface area (Å²) in [4.78, 5) is 16.5. The number of hydrogen-bond donors (Lipinski definition) is 0. The number of benzene rings is 1. The highest BCUT2D eigenvalue weighted by Gasteiger charge is 2.18. The first-order valence-electron chi connectivity index (χ1n) is 6.40. The molecule has 1 aromatic heterocycles. The summed E-state index contributed by atoms with van der Waals surface area (Å²) in [5.41, 5.74) is 1.86. The van der Waals surface area contributed by atoms with E-state index in [1.807, 2.05) is 0 Å². The number of fused-ring (bicyclic) bond motifs is 1. The van der Waals surface area contributed by atoms with Gasteiger partial charge in [-0.15, -0.1) is 0 Å². The number of rotatable bonds is 2. The highest BCUT2D eigenvalue weighted by Crippen LogP contribution is 2.30. The largest absolute Gasteiger partial charge is 0.495 e. The van der Waals surface area contributed by atoms with Crippen molar-refractivity contribution in [2.75, 3.05) is 13.7 Å². The van der Waals surface area contributed by atoms with E-state index >= 15 is 0 Å². The molecule has 1 aliphatic heterocycles. The van der Waals surface area contributed by atoms with E-state index in [4.69, 9.17) is 4.74 Å². The second kappa shape index (κ2) is 5.44. The SMILES string of the molecule is COc1cc(Br)c(F)cc1-n1c2c(ccc1=O)C=NCC2. The number of ether oxygens (including phenoxy) is 1. The zero-order valence-electron chi connectivity index (χ0n) is 11.3. The molecular formula is C15H12BrFN2O2. The maximum atomic E-state index is 13.9. The Balaban J connectivity index is 2.33. The minimum atomic E-state index is -0.445. The molecule has 21 heavy (non-hydrogen) atoms. The van der Waals surface area contributed by atoms with Crippen LogP contribution >= 0.6 is 15.9 Å². The summed E-state index contributed by atoms with van der Waals surface area (Å²) in [6.45, 7) is 0.609. The Labute approximate surface area is 129 Å². The summed E-state index contributed by atoms with van der Waals surface area (Å²) >= 11 is 3.12. The van der Waals surface area contributed by atoms with Crippen LogP contribution in [0.1, 0.15) is 11.3 Å². The Bertz CT molecular complexity index is 799. The van der Waals surface area contributed by atoms with Crippen molar-refractivity contribution in [2.24, 2.45) is 4.99 Å². The van der Waals surface area contributed by atoms with Crippen LogP contribution in [0.2, 0.25) is 0 Å². The lowest BCUT2D eigenvalue weighted by Crippen LogP contribution is -2.25. The molecule has 0 radical (unpaired) electrons. The number of halogens is 2. The van der Waals surface area contributed by atoms with E-state index in [1.54, 1.807) is 12.3 Å². The number of methoxy groups -OCH3 is 1. The lowest BCUT2D eigenvalue weighted by Gasteiger charge is -2.19. The van der Waals surface area contributed by atoms with Gasteiger partial charge in [-0.1, -0.05) is 0 Å². The predicted molar refractivity (Wildman–Crippen MR) is 82.4 cm³/mol. The van der Waals surface area contributed by atoms with Gasteiger partial charge < -0.3 is 4.74 Å². The Hall–Kier alpha value is -1.95. The molecule has 0 saturated heterocycles. The van der Waals surface area contributed by atoms with Crippen LogP contribution in [0.5, 0.6) is 5.75 Å². The normalized spacial score (nSPS) is 13.1. The smallest absolute Gasteiger partial charge is 0.255 e. The van der Waals surface area contributed by atoms with Crippen molar-refractivity contribution in [3.8, 4) is 11.4 Å². The Morgan fingerprint density at radius 1 is 1.38 bits per heavy atom. The van der Waals surface area contributed by atoms with Gasteiger partial charge in [-0.2, -0.15) is 0 Å². The first-order chi connectivity index (χ1) is 10.1. The van der Waals surface area contributed by atoms with E-state index in [2.05, 4.69) is 20.9 Å². The van der Waals surface area contributed by atoms with Crippen LogP contribution in [0.3, 0.4) is 0 Å². The molecule has 2 aromatic rings. The number of pyridine rings is 1. The van der Waals surface area contributed by atoms with Crippen LogP contribution in [-0.4, -0.2) is 24.4 Å². The maximum Gasteiger partial charge on any atom is 0.255 e. The molecule has 0 aliphatic carbocycles. The fraction of sp³-hybridized carbons (Fsp3) is 0.200. The van der Waals surface area contributed by atoms with Crippen LogP contribution in [0.25, 0.3) is 5.69 Å². The lowest BCUT2D eigenvalue weighted by atomic mass is 10.1. The summed E-state index contributed by atoms with van der Waals surface area (Å²) in [7, 11) is 1.49. The molecular weight excluding hydrogens is 339 g/mol. The number of hydrogen-bond acceptors (Lipinski definition) is 3. The molecule has 0 saturated carbocycles. The molecule has 0 N–H and O–H groups in total. The van der Waals surface area contributed by atoms with E-state index < -0.39 is 5.82 Å². The van der Waals surface area contributed by atoms with Gasteiger partial charge in [-0.25, -0.2) is 4.39 Å². The van der Waals surface area contributed by atoms with Crippen molar-refractivity contribution >= 4 is 22.1 Å². The van der Waals surface area contributed by atoms with Gasteiger partial charge in [0, 0.05) is 42.6 Å². The number of aromatic nitrogens is 1. The van der Waals surface area contributed by atoms with Crippen LogP contribution < -0.4 is 10.3 Å². The van der Waals surface area contributed by atoms with Gasteiger partial charge in [-0.05, 0) is 28.1 Å².